The van der Waals surface area contributed by atoms with E-state index < -0.39 is 23.8 Å². The normalized spacial score (nSPS) is 21.6. The molecular weight excluding hydrogens is 420 g/mol. The molecule has 6 heteroatoms. The lowest BCUT2D eigenvalue weighted by atomic mass is 9.50. The van der Waals surface area contributed by atoms with Gasteiger partial charge >= 0.3 is 11.9 Å². The average molecular weight is 442 g/mol. The van der Waals surface area contributed by atoms with Gasteiger partial charge in [0.05, 0.1) is 11.1 Å². The highest BCUT2D eigenvalue weighted by Gasteiger charge is 2.56. The average Bonchev–Trinajstić information content (AvgIpc) is 2.79. The van der Waals surface area contributed by atoms with E-state index in [4.69, 9.17) is 0 Å². The van der Waals surface area contributed by atoms with Gasteiger partial charge < -0.3 is 10.2 Å². The Morgan fingerprint density at radius 3 is 1.39 bits per heavy atom. The van der Waals surface area contributed by atoms with Crippen molar-refractivity contribution in [2.45, 2.75) is 18.8 Å². The third kappa shape index (κ3) is 4.07. The highest BCUT2D eigenvalue weighted by atomic mass is 16.4. The van der Waals surface area contributed by atoms with Crippen LogP contribution in [0.2, 0.25) is 0 Å². The number of aromatic carboxylic acids is 2. The molecule has 4 atom stereocenters. The van der Waals surface area contributed by atoms with Gasteiger partial charge in [0.1, 0.15) is 5.78 Å². The zero-order valence-corrected chi connectivity index (χ0v) is 17.8. The molecule has 1 aliphatic rings. The number of ketones is 2. The maximum atomic E-state index is 13.5. The summed E-state index contributed by atoms with van der Waals surface area (Å²) >= 11 is 0. The van der Waals surface area contributed by atoms with E-state index in [0.717, 1.165) is 11.1 Å². The summed E-state index contributed by atoms with van der Waals surface area (Å²) in [5, 5.41) is 18.5. The topological polar surface area (TPSA) is 109 Å². The minimum absolute atomic E-state index is 0.116. The Bertz CT molecular complexity index is 1210. The van der Waals surface area contributed by atoms with Gasteiger partial charge in [-0.1, -0.05) is 54.6 Å². The summed E-state index contributed by atoms with van der Waals surface area (Å²) in [5.74, 6) is -4.21. The van der Waals surface area contributed by atoms with Crippen LogP contribution in [0.3, 0.4) is 0 Å². The van der Waals surface area contributed by atoms with Crippen molar-refractivity contribution in [1.82, 2.24) is 0 Å². The molecule has 0 amide bonds. The van der Waals surface area contributed by atoms with Gasteiger partial charge in [-0.3, -0.25) is 9.59 Å². The number of Topliss-reactive ketones (excluding diaryl/α,β-unsaturated/α-hetero) is 2. The van der Waals surface area contributed by atoms with Crippen molar-refractivity contribution in [3.8, 4) is 0 Å². The Balaban J connectivity index is 1.80. The lowest BCUT2D eigenvalue weighted by Crippen LogP contribution is -2.50. The van der Waals surface area contributed by atoms with E-state index in [2.05, 4.69) is 0 Å². The lowest BCUT2D eigenvalue weighted by molar-refractivity contribution is -0.127. The molecule has 0 spiro atoms. The van der Waals surface area contributed by atoms with Gasteiger partial charge in [-0.05, 0) is 42.3 Å². The van der Waals surface area contributed by atoms with Crippen LogP contribution in [0.15, 0.2) is 78.9 Å². The van der Waals surface area contributed by atoms with Crippen molar-refractivity contribution < 1.29 is 29.4 Å². The SMILES string of the molecule is CC(=O)C1C(c2ccc(C(=O)O)cc2)[C@H](c2ccc(C(=O)O)cc2)[C@H]1C(=O)c1ccccc1. The summed E-state index contributed by atoms with van der Waals surface area (Å²) < 4.78 is 0. The molecule has 3 aromatic rings. The maximum Gasteiger partial charge on any atom is 0.335 e. The van der Waals surface area contributed by atoms with Crippen LogP contribution in [-0.4, -0.2) is 33.7 Å². The molecule has 2 unspecified atom stereocenters. The zero-order valence-electron chi connectivity index (χ0n) is 17.8. The summed E-state index contributed by atoms with van der Waals surface area (Å²) in [6, 6.07) is 21.5. The number of carbonyl (C=O) groups is 4. The predicted molar refractivity (Wildman–Crippen MR) is 121 cm³/mol. The summed E-state index contributed by atoms with van der Waals surface area (Å²) in [6.45, 7) is 1.47. The van der Waals surface area contributed by atoms with Crippen molar-refractivity contribution >= 4 is 23.5 Å². The molecule has 166 valence electrons. The highest BCUT2D eigenvalue weighted by molar-refractivity contribution is 6.03. The van der Waals surface area contributed by atoms with Crippen molar-refractivity contribution in [2.24, 2.45) is 11.8 Å². The second-order valence-electron chi connectivity index (χ2n) is 8.30. The van der Waals surface area contributed by atoms with Crippen LogP contribution in [0.5, 0.6) is 0 Å². The van der Waals surface area contributed by atoms with Gasteiger partial charge in [0.2, 0.25) is 0 Å². The van der Waals surface area contributed by atoms with Gasteiger partial charge in [-0.25, -0.2) is 9.59 Å². The number of benzene rings is 3. The van der Waals surface area contributed by atoms with E-state index in [0.29, 0.717) is 5.56 Å². The predicted octanol–water partition coefficient (Wildman–Crippen LogP) is 4.67. The van der Waals surface area contributed by atoms with Gasteiger partial charge in [0.15, 0.2) is 5.78 Å². The number of carboxylic acid groups (broad SMARTS) is 2. The zero-order chi connectivity index (χ0) is 23.7. The van der Waals surface area contributed by atoms with Crippen LogP contribution in [0.4, 0.5) is 0 Å². The molecule has 0 aromatic heterocycles. The smallest absolute Gasteiger partial charge is 0.335 e. The van der Waals surface area contributed by atoms with Crippen LogP contribution in [0.1, 0.15) is 61.0 Å². The minimum atomic E-state index is -1.05. The summed E-state index contributed by atoms with van der Waals surface area (Å²) in [7, 11) is 0. The summed E-state index contributed by atoms with van der Waals surface area (Å²) in [5.41, 5.74) is 2.32. The van der Waals surface area contributed by atoms with Gasteiger partial charge in [-0.15, -0.1) is 0 Å². The highest BCUT2D eigenvalue weighted by Crippen LogP contribution is 2.59. The fourth-order valence-corrected chi connectivity index (χ4v) is 4.90. The lowest BCUT2D eigenvalue weighted by Gasteiger charge is -2.51. The monoisotopic (exact) mass is 442 g/mol. The molecule has 0 heterocycles. The number of hydrogen-bond acceptors (Lipinski definition) is 4. The first kappa shape index (κ1) is 22.1. The largest absolute Gasteiger partial charge is 0.478 e. The molecule has 1 saturated carbocycles. The van der Waals surface area contributed by atoms with Crippen molar-refractivity contribution in [2.75, 3.05) is 0 Å². The van der Waals surface area contributed by atoms with Crippen molar-refractivity contribution in [3.05, 3.63) is 107 Å². The Hall–Kier alpha value is -4.06. The van der Waals surface area contributed by atoms with Crippen LogP contribution in [0, 0.1) is 11.8 Å². The molecule has 1 aliphatic carbocycles. The molecule has 3 aromatic carbocycles. The van der Waals surface area contributed by atoms with Crippen molar-refractivity contribution in [1.29, 1.82) is 0 Å². The first-order valence-corrected chi connectivity index (χ1v) is 10.6. The van der Waals surface area contributed by atoms with E-state index in [1.54, 1.807) is 48.5 Å². The van der Waals surface area contributed by atoms with Gasteiger partial charge in [0.25, 0.3) is 0 Å². The molecule has 6 nitrogen and oxygen atoms in total. The second kappa shape index (κ2) is 8.82. The van der Waals surface area contributed by atoms with E-state index >= 15 is 0 Å². The van der Waals surface area contributed by atoms with E-state index in [9.17, 15) is 29.4 Å². The Morgan fingerprint density at radius 2 is 1.00 bits per heavy atom. The third-order valence-corrected chi connectivity index (χ3v) is 6.46. The fraction of sp³-hybridized carbons (Fsp3) is 0.185. The second-order valence-corrected chi connectivity index (χ2v) is 8.30. The minimum Gasteiger partial charge on any atom is -0.478 e. The molecule has 0 aliphatic heterocycles. The number of hydrogen-bond donors (Lipinski definition) is 2. The molecule has 0 saturated heterocycles. The van der Waals surface area contributed by atoms with E-state index in [1.165, 1.54) is 31.2 Å². The Morgan fingerprint density at radius 1 is 0.576 bits per heavy atom. The first-order valence-electron chi connectivity index (χ1n) is 10.6. The number of carboxylic acids is 2. The molecular formula is C27H22O6. The Labute approximate surface area is 190 Å². The molecule has 0 bridgehead atoms. The molecule has 4 rings (SSSR count). The van der Waals surface area contributed by atoms with Gasteiger partial charge in [-0.2, -0.15) is 0 Å². The molecule has 33 heavy (non-hydrogen) atoms. The maximum absolute atomic E-state index is 13.5. The molecule has 0 radical (unpaired) electrons. The van der Waals surface area contributed by atoms with Crippen LogP contribution in [-0.2, 0) is 4.79 Å². The number of rotatable bonds is 7. The van der Waals surface area contributed by atoms with Gasteiger partial charge in [0, 0.05) is 29.2 Å². The van der Waals surface area contributed by atoms with Crippen LogP contribution in [0.25, 0.3) is 0 Å². The van der Waals surface area contributed by atoms with E-state index in [1.807, 2.05) is 6.07 Å². The fourth-order valence-electron chi connectivity index (χ4n) is 4.90. The van der Waals surface area contributed by atoms with Crippen molar-refractivity contribution in [3.63, 3.8) is 0 Å². The standard InChI is InChI=1S/C27H22O6/c1-15(28)21-22(16-7-11-19(12-8-16)26(30)31)23(17-9-13-20(14-10-17)27(32)33)24(21)25(29)18-5-3-2-4-6-18/h2-14,21-24H,1H3,(H,30,31)(H,32,33)/t21?,22?,23-,24-/m0/s1. The third-order valence-electron chi connectivity index (χ3n) is 6.46. The van der Waals surface area contributed by atoms with Crippen LogP contribution < -0.4 is 0 Å². The Kier molecular flexibility index (Phi) is 5.92. The molecule has 1 fully saturated rings. The molecule has 2 N–H and O–H groups in total. The number of carbonyl (C=O) groups excluding carboxylic acids is 2. The van der Waals surface area contributed by atoms with E-state index in [-0.39, 0.29) is 34.5 Å². The summed E-state index contributed by atoms with van der Waals surface area (Å²) in [4.78, 5) is 48.8. The van der Waals surface area contributed by atoms with Crippen LogP contribution >= 0.6 is 0 Å². The first-order chi connectivity index (χ1) is 15.8. The summed E-state index contributed by atoms with van der Waals surface area (Å²) in [6.07, 6.45) is 0. The quantitative estimate of drug-likeness (QED) is 0.515.